The molecule has 114 valence electrons. The van der Waals surface area contributed by atoms with E-state index in [2.05, 4.69) is 20.8 Å². The predicted octanol–water partition coefficient (Wildman–Crippen LogP) is 3.04. The fourth-order valence-corrected chi connectivity index (χ4v) is 2.37. The smallest absolute Gasteiger partial charge is 0.257 e. The van der Waals surface area contributed by atoms with Crippen molar-refractivity contribution in [3.8, 4) is 0 Å². The fourth-order valence-electron chi connectivity index (χ4n) is 2.37. The molecule has 1 aromatic heterocycles. The Bertz CT molecular complexity index is 475. The summed E-state index contributed by atoms with van der Waals surface area (Å²) in [6, 6.07) is 0. The Kier molecular flexibility index (Phi) is 5.40. The van der Waals surface area contributed by atoms with E-state index in [9.17, 15) is 4.79 Å². The number of hydrogen-bond acceptors (Lipinski definition) is 3. The molecule has 4 nitrogen and oxygen atoms in total. The summed E-state index contributed by atoms with van der Waals surface area (Å²) in [5.74, 6) is 1.58. The van der Waals surface area contributed by atoms with Crippen LogP contribution in [0.2, 0.25) is 0 Å². The average molecular weight is 280 g/mol. The summed E-state index contributed by atoms with van der Waals surface area (Å²) in [7, 11) is 0. The van der Waals surface area contributed by atoms with E-state index >= 15 is 0 Å². The van der Waals surface area contributed by atoms with Gasteiger partial charge in [-0.1, -0.05) is 20.8 Å². The molecule has 0 spiro atoms. The van der Waals surface area contributed by atoms with Crippen LogP contribution in [0.15, 0.2) is 4.42 Å². The molecule has 0 aromatic carbocycles. The Morgan fingerprint density at radius 2 is 1.85 bits per heavy atom. The van der Waals surface area contributed by atoms with Crippen LogP contribution in [0.5, 0.6) is 0 Å². The van der Waals surface area contributed by atoms with Crippen LogP contribution in [0, 0.1) is 26.2 Å². The highest BCUT2D eigenvalue weighted by Crippen LogP contribution is 2.24. The van der Waals surface area contributed by atoms with E-state index in [1.807, 2.05) is 25.7 Å². The van der Waals surface area contributed by atoms with Crippen molar-refractivity contribution in [3.05, 3.63) is 22.6 Å². The molecule has 0 saturated carbocycles. The first-order valence-electron chi connectivity index (χ1n) is 7.29. The predicted molar refractivity (Wildman–Crippen MR) is 81.9 cm³/mol. The van der Waals surface area contributed by atoms with E-state index in [0.29, 0.717) is 24.4 Å². The number of nitrogens with zero attached hydrogens (tertiary/aromatic N) is 1. The Hall–Kier alpha value is -1.29. The average Bonchev–Trinajstić information content (AvgIpc) is 2.62. The number of carbonyl (C=O) groups excluding carboxylic acids is 1. The first-order chi connectivity index (χ1) is 9.23. The topological polar surface area (TPSA) is 59.5 Å². The Morgan fingerprint density at radius 3 is 2.25 bits per heavy atom. The van der Waals surface area contributed by atoms with Gasteiger partial charge in [0.2, 0.25) is 0 Å². The Balaban J connectivity index is 3.05. The minimum atomic E-state index is -0.0780. The number of aryl methyl sites for hydroxylation is 2. The molecule has 1 rings (SSSR count). The van der Waals surface area contributed by atoms with Crippen LogP contribution in [0.1, 0.15) is 54.6 Å². The summed E-state index contributed by atoms with van der Waals surface area (Å²) in [6.45, 7) is 13.9. The summed E-state index contributed by atoms with van der Waals surface area (Å²) in [5.41, 5.74) is 7.37. The quantitative estimate of drug-likeness (QED) is 0.871. The van der Waals surface area contributed by atoms with Crippen LogP contribution < -0.4 is 5.73 Å². The number of carbonyl (C=O) groups is 1. The van der Waals surface area contributed by atoms with Gasteiger partial charge in [-0.05, 0) is 39.2 Å². The summed E-state index contributed by atoms with van der Waals surface area (Å²) in [5, 5.41) is 0. The number of furan rings is 1. The third-order valence-electron chi connectivity index (χ3n) is 3.73. The molecule has 0 bridgehead atoms. The van der Waals surface area contributed by atoms with Crippen molar-refractivity contribution in [2.75, 3.05) is 19.6 Å². The zero-order valence-corrected chi connectivity index (χ0v) is 13.7. The molecule has 0 aliphatic carbocycles. The van der Waals surface area contributed by atoms with E-state index in [1.165, 1.54) is 0 Å². The van der Waals surface area contributed by atoms with E-state index < -0.39 is 0 Å². The maximum absolute atomic E-state index is 12.8. The molecular weight excluding hydrogens is 252 g/mol. The molecule has 1 aromatic rings. The Labute approximate surface area is 122 Å². The molecule has 0 radical (unpaired) electrons. The molecule has 0 fully saturated rings. The maximum Gasteiger partial charge on any atom is 0.257 e. The van der Waals surface area contributed by atoms with Gasteiger partial charge in [0.1, 0.15) is 11.5 Å². The normalized spacial score (nSPS) is 11.8. The SMILES string of the molecule is CCCN(CC(C)(C)CN)C(=O)c1c(C)oc(C)c1C. The van der Waals surface area contributed by atoms with Crippen molar-refractivity contribution in [2.45, 2.75) is 48.0 Å². The maximum atomic E-state index is 12.8. The minimum Gasteiger partial charge on any atom is -0.466 e. The molecular formula is C16H28N2O2. The highest BCUT2D eigenvalue weighted by atomic mass is 16.3. The lowest BCUT2D eigenvalue weighted by Gasteiger charge is -2.31. The molecule has 1 amide bonds. The molecule has 0 unspecified atom stereocenters. The second kappa shape index (κ2) is 6.44. The zero-order valence-electron chi connectivity index (χ0n) is 13.7. The van der Waals surface area contributed by atoms with Crippen molar-refractivity contribution < 1.29 is 9.21 Å². The zero-order chi connectivity index (χ0) is 15.5. The van der Waals surface area contributed by atoms with Crippen LogP contribution in [-0.2, 0) is 0 Å². The lowest BCUT2D eigenvalue weighted by Crippen LogP contribution is -2.42. The van der Waals surface area contributed by atoms with Gasteiger partial charge in [0.25, 0.3) is 5.91 Å². The lowest BCUT2D eigenvalue weighted by atomic mass is 9.92. The van der Waals surface area contributed by atoms with Crippen LogP contribution in [-0.4, -0.2) is 30.4 Å². The molecule has 0 atom stereocenters. The minimum absolute atomic E-state index is 0.0558. The van der Waals surface area contributed by atoms with Crippen LogP contribution in [0.4, 0.5) is 0 Å². The number of hydrogen-bond donors (Lipinski definition) is 1. The molecule has 0 aliphatic rings. The summed E-state index contributed by atoms with van der Waals surface area (Å²) >= 11 is 0. The summed E-state index contributed by atoms with van der Waals surface area (Å²) in [6.07, 6.45) is 0.932. The molecule has 20 heavy (non-hydrogen) atoms. The van der Waals surface area contributed by atoms with Gasteiger partial charge in [-0.25, -0.2) is 0 Å². The standard InChI is InChI=1S/C16H28N2O2/c1-7-8-18(10-16(5,6)9-17)15(19)14-11(2)12(3)20-13(14)4/h7-10,17H2,1-6H3. The second-order valence-electron chi connectivity index (χ2n) is 6.31. The van der Waals surface area contributed by atoms with Gasteiger partial charge in [-0.2, -0.15) is 0 Å². The molecule has 2 N–H and O–H groups in total. The number of rotatable bonds is 6. The van der Waals surface area contributed by atoms with Crippen molar-refractivity contribution in [1.29, 1.82) is 0 Å². The van der Waals surface area contributed by atoms with Crippen LogP contribution in [0.25, 0.3) is 0 Å². The first kappa shape index (κ1) is 16.8. The van der Waals surface area contributed by atoms with Crippen LogP contribution >= 0.6 is 0 Å². The summed E-state index contributed by atoms with van der Waals surface area (Å²) in [4.78, 5) is 14.7. The largest absolute Gasteiger partial charge is 0.466 e. The summed E-state index contributed by atoms with van der Waals surface area (Å²) < 4.78 is 5.58. The van der Waals surface area contributed by atoms with E-state index in [-0.39, 0.29) is 11.3 Å². The van der Waals surface area contributed by atoms with Gasteiger partial charge >= 0.3 is 0 Å². The molecule has 4 heteroatoms. The third kappa shape index (κ3) is 3.63. The number of amides is 1. The highest BCUT2D eigenvalue weighted by Gasteiger charge is 2.27. The van der Waals surface area contributed by atoms with E-state index in [0.717, 1.165) is 24.3 Å². The van der Waals surface area contributed by atoms with Gasteiger partial charge in [0.15, 0.2) is 0 Å². The lowest BCUT2D eigenvalue weighted by molar-refractivity contribution is 0.0687. The fraction of sp³-hybridized carbons (Fsp3) is 0.688. The molecule has 0 saturated heterocycles. The van der Waals surface area contributed by atoms with Gasteiger partial charge in [-0.15, -0.1) is 0 Å². The van der Waals surface area contributed by atoms with Crippen molar-refractivity contribution >= 4 is 5.91 Å². The van der Waals surface area contributed by atoms with Crippen molar-refractivity contribution in [1.82, 2.24) is 4.90 Å². The highest BCUT2D eigenvalue weighted by molar-refractivity contribution is 5.96. The van der Waals surface area contributed by atoms with Gasteiger partial charge < -0.3 is 15.1 Å². The van der Waals surface area contributed by atoms with E-state index in [4.69, 9.17) is 10.2 Å². The van der Waals surface area contributed by atoms with Crippen molar-refractivity contribution in [2.24, 2.45) is 11.1 Å². The van der Waals surface area contributed by atoms with E-state index in [1.54, 1.807) is 0 Å². The van der Waals surface area contributed by atoms with Crippen LogP contribution in [0.3, 0.4) is 0 Å². The van der Waals surface area contributed by atoms with Gasteiger partial charge in [-0.3, -0.25) is 4.79 Å². The molecule has 0 aliphatic heterocycles. The third-order valence-corrected chi connectivity index (χ3v) is 3.73. The van der Waals surface area contributed by atoms with Gasteiger partial charge in [0, 0.05) is 18.7 Å². The second-order valence-corrected chi connectivity index (χ2v) is 6.31. The molecule has 1 heterocycles. The monoisotopic (exact) mass is 280 g/mol. The first-order valence-corrected chi connectivity index (χ1v) is 7.29. The number of nitrogens with two attached hydrogens (primary N) is 1. The van der Waals surface area contributed by atoms with Crippen molar-refractivity contribution in [3.63, 3.8) is 0 Å². The van der Waals surface area contributed by atoms with Gasteiger partial charge in [0.05, 0.1) is 5.56 Å². The Morgan fingerprint density at radius 1 is 1.25 bits per heavy atom.